The molecule has 0 saturated carbocycles. The van der Waals surface area contributed by atoms with Gasteiger partial charge in [-0.3, -0.25) is 4.79 Å². The molecule has 2 aromatic rings. The Bertz CT molecular complexity index is 716. The van der Waals surface area contributed by atoms with Gasteiger partial charge in [-0.1, -0.05) is 23.7 Å². The van der Waals surface area contributed by atoms with Gasteiger partial charge in [0.1, 0.15) is 5.75 Å². The number of aryl methyl sites for hydroxylation is 1. The Hall–Kier alpha value is -2.08. The molecule has 1 aromatic heterocycles. The maximum Gasteiger partial charge on any atom is 0.232 e. The fourth-order valence-corrected chi connectivity index (χ4v) is 2.90. The number of anilines is 1. The van der Waals surface area contributed by atoms with E-state index in [1.807, 2.05) is 0 Å². The van der Waals surface area contributed by atoms with Crippen molar-refractivity contribution >= 4 is 23.2 Å². The molecule has 1 unspecified atom stereocenters. The monoisotopic (exact) mass is 335 g/mol. The van der Waals surface area contributed by atoms with Crippen LogP contribution in [0.1, 0.15) is 37.4 Å². The summed E-state index contributed by atoms with van der Waals surface area (Å²) in [6.45, 7) is 2.53. The van der Waals surface area contributed by atoms with E-state index >= 15 is 0 Å². The number of amides is 1. The maximum atomic E-state index is 12.4. The van der Waals surface area contributed by atoms with Gasteiger partial charge in [0.25, 0.3) is 0 Å². The first-order chi connectivity index (χ1) is 11.1. The number of hydrogen-bond acceptors (Lipinski definition) is 5. The minimum Gasteiger partial charge on any atom is -0.495 e. The molecule has 0 N–H and O–H groups in total. The van der Waals surface area contributed by atoms with E-state index < -0.39 is 0 Å². The van der Waals surface area contributed by atoms with Gasteiger partial charge in [-0.2, -0.15) is 4.98 Å². The predicted octanol–water partition coefficient (Wildman–Crippen LogP) is 3.20. The second-order valence-electron chi connectivity index (χ2n) is 5.52. The summed E-state index contributed by atoms with van der Waals surface area (Å²) in [5.41, 5.74) is 0.667. The molecule has 6 nitrogen and oxygen atoms in total. The summed E-state index contributed by atoms with van der Waals surface area (Å²) in [6, 6.07) is 5.22. The zero-order valence-electron chi connectivity index (χ0n) is 13.1. The number of methoxy groups -OCH3 is 1. The predicted molar refractivity (Wildman–Crippen MR) is 86.0 cm³/mol. The Balaban J connectivity index is 1.83. The summed E-state index contributed by atoms with van der Waals surface area (Å²) < 4.78 is 10.7. The lowest BCUT2D eigenvalue weighted by Crippen LogP contribution is -2.24. The van der Waals surface area contributed by atoms with Crippen LogP contribution in [0, 0.1) is 0 Å². The summed E-state index contributed by atoms with van der Waals surface area (Å²) >= 11 is 6.06. The van der Waals surface area contributed by atoms with E-state index in [0.717, 1.165) is 12.8 Å². The van der Waals surface area contributed by atoms with Crippen LogP contribution < -0.4 is 9.64 Å². The van der Waals surface area contributed by atoms with Gasteiger partial charge < -0.3 is 14.2 Å². The number of aromatic nitrogens is 2. The average molecular weight is 336 g/mol. The van der Waals surface area contributed by atoms with Crippen LogP contribution in [0.3, 0.4) is 0 Å². The van der Waals surface area contributed by atoms with Gasteiger partial charge in [-0.25, -0.2) is 0 Å². The molecule has 3 rings (SSSR count). The molecular weight excluding hydrogens is 318 g/mol. The Kier molecular flexibility index (Phi) is 4.52. The number of ether oxygens (including phenoxy) is 1. The van der Waals surface area contributed by atoms with Gasteiger partial charge in [-0.05, 0) is 24.6 Å². The molecule has 1 aromatic carbocycles. The van der Waals surface area contributed by atoms with Crippen molar-refractivity contribution in [2.24, 2.45) is 0 Å². The van der Waals surface area contributed by atoms with E-state index in [-0.39, 0.29) is 11.8 Å². The summed E-state index contributed by atoms with van der Waals surface area (Å²) in [7, 11) is 1.57. The topological polar surface area (TPSA) is 68.5 Å². The Morgan fingerprint density at radius 1 is 1.48 bits per heavy atom. The Labute approximate surface area is 139 Å². The molecule has 0 radical (unpaired) electrons. The summed E-state index contributed by atoms with van der Waals surface area (Å²) in [5.74, 6) is 1.70. The van der Waals surface area contributed by atoms with Crippen molar-refractivity contribution < 1.29 is 14.1 Å². The highest BCUT2D eigenvalue weighted by atomic mass is 35.5. The van der Waals surface area contributed by atoms with Gasteiger partial charge in [-0.15, -0.1) is 0 Å². The van der Waals surface area contributed by atoms with E-state index in [4.69, 9.17) is 20.9 Å². The van der Waals surface area contributed by atoms with Gasteiger partial charge in [0, 0.05) is 24.4 Å². The molecule has 0 bridgehead atoms. The highest BCUT2D eigenvalue weighted by Gasteiger charge is 2.36. The number of hydrogen-bond donors (Lipinski definition) is 0. The highest BCUT2D eigenvalue weighted by Crippen LogP contribution is 2.37. The van der Waals surface area contributed by atoms with Gasteiger partial charge in [0.15, 0.2) is 5.82 Å². The van der Waals surface area contributed by atoms with E-state index in [9.17, 15) is 4.79 Å². The van der Waals surface area contributed by atoms with Crippen molar-refractivity contribution in [1.82, 2.24) is 10.1 Å². The molecule has 1 amide bonds. The fourth-order valence-electron chi connectivity index (χ4n) is 2.74. The van der Waals surface area contributed by atoms with E-state index in [1.165, 1.54) is 0 Å². The highest BCUT2D eigenvalue weighted by molar-refractivity contribution is 6.31. The molecule has 1 aliphatic rings. The molecule has 23 heavy (non-hydrogen) atoms. The van der Waals surface area contributed by atoms with Crippen LogP contribution in [0.5, 0.6) is 5.75 Å². The van der Waals surface area contributed by atoms with E-state index in [2.05, 4.69) is 17.1 Å². The molecule has 2 heterocycles. The second kappa shape index (κ2) is 6.58. The van der Waals surface area contributed by atoms with Gasteiger partial charge in [0.05, 0.1) is 18.7 Å². The van der Waals surface area contributed by atoms with Crippen LogP contribution in [0.2, 0.25) is 5.02 Å². The number of benzene rings is 1. The molecule has 1 fully saturated rings. The first-order valence-electron chi connectivity index (χ1n) is 7.58. The number of carbonyl (C=O) groups is 1. The number of carbonyl (C=O) groups excluding carboxylic acids is 1. The Morgan fingerprint density at radius 3 is 3.04 bits per heavy atom. The van der Waals surface area contributed by atoms with E-state index in [1.54, 1.807) is 30.2 Å². The number of nitrogens with zero attached hydrogens (tertiary/aromatic N) is 3. The quantitative estimate of drug-likeness (QED) is 0.839. The molecule has 122 valence electrons. The second-order valence-corrected chi connectivity index (χ2v) is 5.96. The maximum absolute atomic E-state index is 12.4. The van der Waals surface area contributed by atoms with Crippen molar-refractivity contribution in [3.63, 3.8) is 0 Å². The standard InChI is InChI=1S/C16H18ClN3O3/c1-3-4-14-18-16(23-19-14)10-7-15(21)20(9-10)12-8-11(17)5-6-13(12)22-2/h5-6,8,10H,3-4,7,9H2,1-2H3. The van der Waals surface area contributed by atoms with Crippen LogP contribution in [0.4, 0.5) is 5.69 Å². The van der Waals surface area contributed by atoms with Crippen molar-refractivity contribution in [3.05, 3.63) is 34.9 Å². The lowest BCUT2D eigenvalue weighted by atomic mass is 10.1. The third-order valence-corrected chi connectivity index (χ3v) is 4.10. The van der Waals surface area contributed by atoms with Crippen LogP contribution in [0.15, 0.2) is 22.7 Å². The van der Waals surface area contributed by atoms with Crippen molar-refractivity contribution in [3.8, 4) is 5.75 Å². The summed E-state index contributed by atoms with van der Waals surface area (Å²) in [4.78, 5) is 18.5. The van der Waals surface area contributed by atoms with Crippen LogP contribution >= 0.6 is 11.6 Å². The van der Waals surface area contributed by atoms with Crippen molar-refractivity contribution in [2.75, 3.05) is 18.6 Å². The molecule has 1 aliphatic heterocycles. The molecule has 0 spiro atoms. The summed E-state index contributed by atoms with van der Waals surface area (Å²) in [6.07, 6.45) is 2.06. The molecular formula is C16H18ClN3O3. The molecule has 1 atom stereocenters. The number of rotatable bonds is 5. The SMILES string of the molecule is CCCc1noc(C2CC(=O)N(c3cc(Cl)ccc3OC)C2)n1. The zero-order chi connectivity index (χ0) is 16.4. The first-order valence-corrected chi connectivity index (χ1v) is 7.96. The fraction of sp³-hybridized carbons (Fsp3) is 0.438. The van der Waals surface area contributed by atoms with Gasteiger partial charge >= 0.3 is 0 Å². The Morgan fingerprint density at radius 2 is 2.30 bits per heavy atom. The number of halogens is 1. The van der Waals surface area contributed by atoms with Crippen LogP contribution in [-0.2, 0) is 11.2 Å². The minimum absolute atomic E-state index is 0.00851. The minimum atomic E-state index is -0.107. The average Bonchev–Trinajstić information content (AvgIpc) is 3.14. The van der Waals surface area contributed by atoms with Crippen molar-refractivity contribution in [2.45, 2.75) is 32.1 Å². The largest absolute Gasteiger partial charge is 0.495 e. The van der Waals surface area contributed by atoms with E-state index in [0.29, 0.717) is 41.1 Å². The first kappa shape index (κ1) is 15.8. The zero-order valence-corrected chi connectivity index (χ0v) is 13.8. The third kappa shape index (κ3) is 3.17. The third-order valence-electron chi connectivity index (χ3n) is 3.86. The van der Waals surface area contributed by atoms with Crippen LogP contribution in [-0.4, -0.2) is 29.7 Å². The molecule has 7 heteroatoms. The lowest BCUT2D eigenvalue weighted by Gasteiger charge is -2.19. The molecule has 1 saturated heterocycles. The summed E-state index contributed by atoms with van der Waals surface area (Å²) in [5, 5.41) is 4.52. The smallest absolute Gasteiger partial charge is 0.232 e. The van der Waals surface area contributed by atoms with Crippen molar-refractivity contribution in [1.29, 1.82) is 0 Å². The normalized spacial score (nSPS) is 17.8. The molecule has 0 aliphatic carbocycles. The lowest BCUT2D eigenvalue weighted by molar-refractivity contribution is -0.117. The van der Waals surface area contributed by atoms with Gasteiger partial charge in [0.2, 0.25) is 11.8 Å². The van der Waals surface area contributed by atoms with Crippen LogP contribution in [0.25, 0.3) is 0 Å².